The molecule has 12 heteroatoms. The Kier molecular flexibility index (Phi) is 8.84. The summed E-state index contributed by atoms with van der Waals surface area (Å²) in [7, 11) is 2.17. The number of nitrogens with zero attached hydrogens (tertiary/aromatic N) is 4. The maximum absolute atomic E-state index is 13.5. The minimum atomic E-state index is -0.945. The number of nitro groups is 1. The van der Waals surface area contributed by atoms with Gasteiger partial charge in [0, 0.05) is 41.3 Å². The first-order valence-electron chi connectivity index (χ1n) is 14.4. The van der Waals surface area contributed by atoms with E-state index in [9.17, 15) is 29.6 Å². The van der Waals surface area contributed by atoms with Crippen molar-refractivity contribution in [2.45, 2.75) is 56.9 Å². The molecule has 4 aliphatic rings. The van der Waals surface area contributed by atoms with Crippen LogP contribution in [-0.4, -0.2) is 99.7 Å². The number of aliphatic hydroxyl groups is 1. The highest BCUT2D eigenvalue weighted by atomic mass is 32.2. The van der Waals surface area contributed by atoms with Gasteiger partial charge in [0.1, 0.15) is 5.70 Å². The molecule has 0 spiro atoms. The number of hydrogen-bond acceptors (Lipinski definition) is 10. The number of esters is 2. The molecule has 1 amide bonds. The second-order valence-electron chi connectivity index (χ2n) is 11.8. The maximum Gasteiger partial charge on any atom is 0.363 e. The number of ether oxygens (including phenoxy) is 1. The van der Waals surface area contributed by atoms with Gasteiger partial charge < -0.3 is 24.5 Å². The van der Waals surface area contributed by atoms with Crippen LogP contribution in [0.5, 0.6) is 0 Å². The van der Waals surface area contributed by atoms with Crippen molar-refractivity contribution in [1.29, 1.82) is 0 Å². The molecule has 4 aliphatic heterocycles. The quantitative estimate of drug-likeness (QED) is 0.159. The van der Waals surface area contributed by atoms with E-state index in [4.69, 9.17) is 4.74 Å². The molecule has 3 saturated heterocycles. The minimum Gasteiger partial charge on any atom is -0.393 e. The fourth-order valence-electron chi connectivity index (χ4n) is 6.64. The molecule has 3 fully saturated rings. The molecule has 5 atom stereocenters. The van der Waals surface area contributed by atoms with Crippen molar-refractivity contribution in [3.63, 3.8) is 0 Å². The Morgan fingerprint density at radius 3 is 2.46 bits per heavy atom. The number of aliphatic hydroxyl groups excluding tert-OH is 1. The molecule has 0 saturated carbocycles. The van der Waals surface area contributed by atoms with Crippen LogP contribution in [0.15, 0.2) is 34.9 Å². The van der Waals surface area contributed by atoms with Crippen LogP contribution in [0.4, 0.5) is 5.69 Å². The van der Waals surface area contributed by atoms with Gasteiger partial charge in [-0.3, -0.25) is 14.9 Å². The van der Waals surface area contributed by atoms with E-state index in [-0.39, 0.29) is 40.1 Å². The molecular formula is C29H38N4O7S. The number of carbonyl (C=O) groups is 3. The van der Waals surface area contributed by atoms with E-state index in [1.54, 1.807) is 18.7 Å². The number of rotatable bonds is 8. The fraction of sp³-hybridized carbons (Fsp3) is 0.621. The third kappa shape index (κ3) is 6.06. The average molecular weight is 587 g/mol. The largest absolute Gasteiger partial charge is 0.393 e. The number of carbonyl (C=O) groups excluding carboxylic acids is 3. The number of benzene rings is 1. The summed E-state index contributed by atoms with van der Waals surface area (Å²) in [5.41, 5.74) is -0.110. The highest BCUT2D eigenvalue weighted by Gasteiger charge is 2.60. The summed E-state index contributed by atoms with van der Waals surface area (Å²) in [5.74, 6) is -2.35. The van der Waals surface area contributed by atoms with E-state index in [1.807, 2.05) is 6.92 Å². The topological polar surface area (TPSA) is 134 Å². The lowest BCUT2D eigenvalue weighted by molar-refractivity contribution is -0.384. The first kappa shape index (κ1) is 29.7. The number of thioether (sulfide) groups is 1. The van der Waals surface area contributed by atoms with Crippen molar-refractivity contribution in [2.75, 3.05) is 39.8 Å². The van der Waals surface area contributed by atoms with Crippen LogP contribution in [0.25, 0.3) is 0 Å². The lowest BCUT2D eigenvalue weighted by Gasteiger charge is -2.46. The van der Waals surface area contributed by atoms with E-state index >= 15 is 0 Å². The number of non-ortho nitro benzene ring substituents is 1. The average Bonchev–Trinajstić information content (AvgIpc) is 3.17. The van der Waals surface area contributed by atoms with Crippen LogP contribution in [0.3, 0.4) is 0 Å². The van der Waals surface area contributed by atoms with Gasteiger partial charge in [0.05, 0.1) is 28.6 Å². The highest BCUT2D eigenvalue weighted by molar-refractivity contribution is 8.03. The summed E-state index contributed by atoms with van der Waals surface area (Å²) in [6.07, 6.45) is 3.56. The van der Waals surface area contributed by atoms with Gasteiger partial charge in [-0.25, -0.2) is 9.59 Å². The van der Waals surface area contributed by atoms with Crippen molar-refractivity contribution >= 4 is 35.3 Å². The minimum absolute atomic E-state index is 0.00466. The Morgan fingerprint density at radius 1 is 1.15 bits per heavy atom. The smallest absolute Gasteiger partial charge is 0.363 e. The molecule has 11 nitrogen and oxygen atoms in total. The Balaban J connectivity index is 1.33. The Morgan fingerprint density at radius 2 is 1.83 bits per heavy atom. The molecule has 1 N–H and O–H groups in total. The monoisotopic (exact) mass is 586 g/mol. The van der Waals surface area contributed by atoms with E-state index in [0.29, 0.717) is 5.92 Å². The first-order chi connectivity index (χ1) is 19.5. The number of piperidine rings is 2. The van der Waals surface area contributed by atoms with Gasteiger partial charge in [-0.2, -0.15) is 0 Å². The van der Waals surface area contributed by atoms with E-state index in [0.717, 1.165) is 50.5 Å². The van der Waals surface area contributed by atoms with Crippen molar-refractivity contribution in [3.05, 3.63) is 50.5 Å². The molecule has 5 rings (SSSR count). The Hall–Kier alpha value is -2.80. The standard InChI is InChI=1S/C29H38N4O7S/c1-17-24-23(18(2)34)27(35)32(24)25(29(37)40-28(36)20-6-8-21(9-7-20)33(38)39)26(17)41-22-5-4-12-31(16-22)15-19-10-13-30(3)14-11-19/h6-9,17-19,22-24,34H,4-5,10-16H2,1-3H3/t17-,18-,22-,23-,24-/m1/s1. The van der Waals surface area contributed by atoms with E-state index < -0.39 is 28.9 Å². The molecular weight excluding hydrogens is 548 g/mol. The molecule has 41 heavy (non-hydrogen) atoms. The first-order valence-corrected chi connectivity index (χ1v) is 15.3. The SMILES string of the molecule is C[C@@H](O)[C@H]1C(=O)N2C(C(=O)OC(=O)c3ccc([N+](=O)[O-])cc3)=C(S[C@@H]3CCCN(CC4CCN(C)CC4)C3)[C@H](C)[C@H]12. The number of hydrogen-bond donors (Lipinski definition) is 1. The lowest BCUT2D eigenvalue weighted by atomic mass is 9.79. The normalized spacial score (nSPS) is 28.3. The number of amides is 1. The molecule has 0 bridgehead atoms. The molecule has 0 aromatic heterocycles. The summed E-state index contributed by atoms with van der Waals surface area (Å²) in [6, 6.07) is 4.43. The number of β-lactam (4-membered cyclic amide) rings is 1. The van der Waals surface area contributed by atoms with E-state index in [1.165, 1.54) is 42.0 Å². The van der Waals surface area contributed by atoms with Crippen molar-refractivity contribution < 1.29 is 29.2 Å². The van der Waals surface area contributed by atoms with Gasteiger partial charge in [-0.15, -0.1) is 11.8 Å². The van der Waals surface area contributed by atoms with Crippen LogP contribution < -0.4 is 0 Å². The highest BCUT2D eigenvalue weighted by Crippen LogP contribution is 2.52. The van der Waals surface area contributed by atoms with Gasteiger partial charge in [-0.05, 0) is 77.3 Å². The second-order valence-corrected chi connectivity index (χ2v) is 13.2. The van der Waals surface area contributed by atoms with Crippen LogP contribution in [0, 0.1) is 27.9 Å². The Bertz CT molecular complexity index is 1230. The Labute approximate surface area is 244 Å². The van der Waals surface area contributed by atoms with Gasteiger partial charge in [-0.1, -0.05) is 6.92 Å². The predicted molar refractivity (Wildman–Crippen MR) is 153 cm³/mol. The summed E-state index contributed by atoms with van der Waals surface area (Å²) >= 11 is 1.60. The zero-order chi connectivity index (χ0) is 29.4. The predicted octanol–water partition coefficient (Wildman–Crippen LogP) is 2.89. The molecule has 222 valence electrons. The number of likely N-dealkylation sites (tertiary alicyclic amines) is 2. The molecule has 1 aromatic rings. The summed E-state index contributed by atoms with van der Waals surface area (Å²) in [5, 5.41) is 21.5. The van der Waals surface area contributed by atoms with Crippen molar-refractivity contribution in [1.82, 2.24) is 14.7 Å². The van der Waals surface area contributed by atoms with Gasteiger partial charge in [0.2, 0.25) is 5.91 Å². The van der Waals surface area contributed by atoms with Gasteiger partial charge in [0.15, 0.2) is 0 Å². The molecule has 0 radical (unpaired) electrons. The van der Waals surface area contributed by atoms with Crippen molar-refractivity contribution in [2.24, 2.45) is 17.8 Å². The molecule has 0 unspecified atom stereocenters. The van der Waals surface area contributed by atoms with Crippen LogP contribution in [-0.2, 0) is 14.3 Å². The second kappa shape index (κ2) is 12.2. The molecule has 4 heterocycles. The summed E-state index contributed by atoms with van der Waals surface area (Å²) < 4.78 is 5.23. The summed E-state index contributed by atoms with van der Waals surface area (Å²) in [4.78, 5) is 56.7. The fourth-order valence-corrected chi connectivity index (χ4v) is 8.22. The van der Waals surface area contributed by atoms with Gasteiger partial charge in [0.25, 0.3) is 5.69 Å². The van der Waals surface area contributed by atoms with Crippen LogP contribution in [0.2, 0.25) is 0 Å². The van der Waals surface area contributed by atoms with Crippen LogP contribution in [0.1, 0.15) is 49.9 Å². The van der Waals surface area contributed by atoms with Crippen molar-refractivity contribution in [3.8, 4) is 0 Å². The van der Waals surface area contributed by atoms with Crippen LogP contribution >= 0.6 is 11.8 Å². The number of nitro benzene ring substituents is 1. The third-order valence-corrected chi connectivity index (χ3v) is 10.4. The molecule has 0 aliphatic carbocycles. The maximum atomic E-state index is 13.5. The van der Waals surface area contributed by atoms with Gasteiger partial charge >= 0.3 is 11.9 Å². The number of fused-ring (bicyclic) bond motifs is 1. The summed E-state index contributed by atoms with van der Waals surface area (Å²) in [6.45, 7) is 8.79. The van der Waals surface area contributed by atoms with E-state index in [2.05, 4.69) is 16.8 Å². The third-order valence-electron chi connectivity index (χ3n) is 8.91. The zero-order valence-corrected chi connectivity index (χ0v) is 24.5. The molecule has 1 aromatic carbocycles. The zero-order valence-electron chi connectivity index (χ0n) is 23.7. The lowest BCUT2D eigenvalue weighted by Crippen LogP contribution is -2.63.